The smallest absolute Gasteiger partial charge is 0.248 e. The quantitative estimate of drug-likeness (QED) is 0.773. The zero-order valence-electron chi connectivity index (χ0n) is 10.9. The molecule has 2 amide bonds. The van der Waals surface area contributed by atoms with Gasteiger partial charge >= 0.3 is 0 Å². The molecule has 0 aliphatic heterocycles. The number of amides is 2. The molecule has 0 radical (unpaired) electrons. The third-order valence-corrected chi connectivity index (χ3v) is 3.73. The van der Waals surface area contributed by atoms with Crippen molar-refractivity contribution < 1.29 is 9.59 Å². The minimum Gasteiger partial charge on any atom is -0.380 e. The SMILES string of the molecule is N#Cc1ccc(CNc2cc(C(N)=O)cc(C(N)=O)c2)s1. The Labute approximate surface area is 125 Å². The first-order valence-electron chi connectivity index (χ1n) is 5.97. The Bertz CT molecular complexity index is 713. The Kier molecular flexibility index (Phi) is 4.21. The van der Waals surface area contributed by atoms with Gasteiger partial charge in [0.1, 0.15) is 10.9 Å². The fraction of sp³-hybridized carbons (Fsp3) is 0.0714. The molecule has 21 heavy (non-hydrogen) atoms. The number of nitrogens with zero attached hydrogens (tertiary/aromatic N) is 1. The molecule has 1 heterocycles. The highest BCUT2D eigenvalue weighted by Crippen LogP contribution is 2.19. The van der Waals surface area contributed by atoms with Crippen LogP contribution >= 0.6 is 11.3 Å². The number of primary amides is 2. The summed E-state index contributed by atoms with van der Waals surface area (Å²) in [7, 11) is 0. The first-order chi connectivity index (χ1) is 9.99. The lowest BCUT2D eigenvalue weighted by Gasteiger charge is -2.08. The van der Waals surface area contributed by atoms with Crippen molar-refractivity contribution in [2.24, 2.45) is 11.5 Å². The molecule has 0 saturated heterocycles. The Morgan fingerprint density at radius 2 is 1.76 bits per heavy atom. The van der Waals surface area contributed by atoms with E-state index in [2.05, 4.69) is 11.4 Å². The highest BCUT2D eigenvalue weighted by molar-refractivity contribution is 7.12. The average Bonchev–Trinajstić information content (AvgIpc) is 2.92. The van der Waals surface area contributed by atoms with Crippen molar-refractivity contribution in [3.8, 4) is 6.07 Å². The van der Waals surface area contributed by atoms with Crippen LogP contribution in [-0.4, -0.2) is 11.8 Å². The fourth-order valence-electron chi connectivity index (χ4n) is 1.74. The van der Waals surface area contributed by atoms with E-state index in [1.54, 1.807) is 18.2 Å². The maximum Gasteiger partial charge on any atom is 0.248 e. The van der Waals surface area contributed by atoms with E-state index in [0.29, 0.717) is 17.1 Å². The molecule has 5 N–H and O–H groups in total. The van der Waals surface area contributed by atoms with Crippen molar-refractivity contribution in [1.82, 2.24) is 0 Å². The number of carbonyl (C=O) groups is 2. The second kappa shape index (κ2) is 6.07. The van der Waals surface area contributed by atoms with Crippen molar-refractivity contribution in [1.29, 1.82) is 5.26 Å². The van der Waals surface area contributed by atoms with Crippen LogP contribution < -0.4 is 16.8 Å². The van der Waals surface area contributed by atoms with Gasteiger partial charge in [0.25, 0.3) is 0 Å². The summed E-state index contributed by atoms with van der Waals surface area (Å²) in [6.07, 6.45) is 0. The van der Waals surface area contributed by atoms with E-state index < -0.39 is 11.8 Å². The van der Waals surface area contributed by atoms with E-state index in [4.69, 9.17) is 16.7 Å². The second-order valence-corrected chi connectivity index (χ2v) is 5.43. The molecule has 0 aliphatic rings. The number of nitrogens with one attached hydrogen (secondary N) is 1. The molecular weight excluding hydrogens is 288 g/mol. The second-order valence-electron chi connectivity index (χ2n) is 4.26. The zero-order valence-corrected chi connectivity index (χ0v) is 11.7. The molecule has 0 atom stereocenters. The lowest BCUT2D eigenvalue weighted by atomic mass is 10.1. The first-order valence-corrected chi connectivity index (χ1v) is 6.78. The number of nitrogens with two attached hydrogens (primary N) is 2. The first kappa shape index (κ1) is 14.6. The Hall–Kier alpha value is -2.85. The average molecular weight is 300 g/mol. The molecule has 2 rings (SSSR count). The normalized spacial score (nSPS) is 9.86. The predicted molar refractivity (Wildman–Crippen MR) is 79.8 cm³/mol. The summed E-state index contributed by atoms with van der Waals surface area (Å²) in [5.41, 5.74) is 11.4. The highest BCUT2D eigenvalue weighted by Gasteiger charge is 2.09. The molecule has 0 saturated carbocycles. The van der Waals surface area contributed by atoms with Crippen molar-refractivity contribution in [3.05, 3.63) is 51.2 Å². The van der Waals surface area contributed by atoms with Crippen LogP contribution in [0.5, 0.6) is 0 Å². The molecule has 0 spiro atoms. The van der Waals surface area contributed by atoms with Crippen LogP contribution in [0.15, 0.2) is 30.3 Å². The molecule has 2 aromatic rings. The standard InChI is InChI=1S/C14H12N4O2S/c15-6-11-1-2-12(21-11)7-18-10-4-8(13(16)19)3-9(5-10)14(17)20/h1-5,18H,7H2,(H2,16,19)(H2,17,20). The van der Waals surface area contributed by atoms with E-state index in [1.807, 2.05) is 6.07 Å². The topological polar surface area (TPSA) is 122 Å². The summed E-state index contributed by atoms with van der Waals surface area (Å²) in [5.74, 6) is -1.27. The third-order valence-electron chi connectivity index (χ3n) is 2.74. The Balaban J connectivity index is 2.20. The number of anilines is 1. The highest BCUT2D eigenvalue weighted by atomic mass is 32.1. The molecule has 0 fully saturated rings. The number of hydrogen-bond donors (Lipinski definition) is 3. The molecule has 0 aliphatic carbocycles. The molecule has 0 bridgehead atoms. The number of carbonyl (C=O) groups excluding carboxylic acids is 2. The van der Waals surface area contributed by atoms with Crippen LogP contribution in [-0.2, 0) is 6.54 Å². The van der Waals surface area contributed by atoms with Gasteiger partial charge in [-0.15, -0.1) is 11.3 Å². The van der Waals surface area contributed by atoms with Gasteiger partial charge in [0, 0.05) is 28.2 Å². The minimum absolute atomic E-state index is 0.206. The minimum atomic E-state index is -0.635. The van der Waals surface area contributed by atoms with E-state index in [9.17, 15) is 9.59 Å². The molecule has 7 heteroatoms. The summed E-state index contributed by atoms with van der Waals surface area (Å²) in [6, 6.07) is 10.1. The molecule has 1 aromatic carbocycles. The van der Waals surface area contributed by atoms with Gasteiger partial charge < -0.3 is 16.8 Å². The van der Waals surface area contributed by atoms with Crippen LogP contribution in [0, 0.1) is 11.3 Å². The summed E-state index contributed by atoms with van der Waals surface area (Å²) < 4.78 is 0. The number of nitriles is 1. The maximum atomic E-state index is 11.3. The molecule has 106 valence electrons. The number of rotatable bonds is 5. The van der Waals surface area contributed by atoms with Crippen molar-refractivity contribution >= 4 is 28.8 Å². The van der Waals surface area contributed by atoms with Crippen molar-refractivity contribution in [2.45, 2.75) is 6.54 Å². The summed E-state index contributed by atoms with van der Waals surface area (Å²) in [4.78, 5) is 24.1. The summed E-state index contributed by atoms with van der Waals surface area (Å²) in [5, 5.41) is 11.8. The van der Waals surface area contributed by atoms with E-state index >= 15 is 0 Å². The predicted octanol–water partition coefficient (Wildman–Crippen LogP) is 1.43. The molecular formula is C14H12N4O2S. The third kappa shape index (κ3) is 3.58. The van der Waals surface area contributed by atoms with E-state index in [0.717, 1.165) is 4.88 Å². The van der Waals surface area contributed by atoms with Gasteiger partial charge in [-0.1, -0.05) is 0 Å². The van der Waals surface area contributed by atoms with E-state index in [1.165, 1.54) is 17.4 Å². The Morgan fingerprint density at radius 3 is 2.24 bits per heavy atom. The number of benzene rings is 1. The lowest BCUT2D eigenvalue weighted by Crippen LogP contribution is -2.16. The molecule has 6 nitrogen and oxygen atoms in total. The van der Waals surface area contributed by atoms with Gasteiger partial charge in [-0.05, 0) is 30.3 Å². The number of hydrogen-bond acceptors (Lipinski definition) is 5. The van der Waals surface area contributed by atoms with Gasteiger partial charge in [-0.25, -0.2) is 0 Å². The van der Waals surface area contributed by atoms with Crippen LogP contribution in [0.3, 0.4) is 0 Å². The summed E-state index contributed by atoms with van der Waals surface area (Å²) >= 11 is 1.37. The van der Waals surface area contributed by atoms with Crippen molar-refractivity contribution in [3.63, 3.8) is 0 Å². The lowest BCUT2D eigenvalue weighted by molar-refractivity contribution is 0.0999. The largest absolute Gasteiger partial charge is 0.380 e. The van der Waals surface area contributed by atoms with Crippen LogP contribution in [0.2, 0.25) is 0 Å². The van der Waals surface area contributed by atoms with Crippen molar-refractivity contribution in [2.75, 3.05) is 5.32 Å². The molecule has 1 aromatic heterocycles. The van der Waals surface area contributed by atoms with E-state index in [-0.39, 0.29) is 11.1 Å². The zero-order chi connectivity index (χ0) is 15.4. The van der Waals surface area contributed by atoms with Gasteiger partial charge in [-0.2, -0.15) is 5.26 Å². The van der Waals surface area contributed by atoms with Gasteiger partial charge in [-0.3, -0.25) is 9.59 Å². The fourth-order valence-corrected chi connectivity index (χ4v) is 2.48. The van der Waals surface area contributed by atoms with Gasteiger partial charge in [0.15, 0.2) is 0 Å². The van der Waals surface area contributed by atoms with Gasteiger partial charge in [0.2, 0.25) is 11.8 Å². The Morgan fingerprint density at radius 1 is 1.14 bits per heavy atom. The monoisotopic (exact) mass is 300 g/mol. The van der Waals surface area contributed by atoms with Crippen LogP contribution in [0.1, 0.15) is 30.5 Å². The van der Waals surface area contributed by atoms with Crippen LogP contribution in [0.4, 0.5) is 5.69 Å². The summed E-state index contributed by atoms with van der Waals surface area (Å²) in [6.45, 7) is 0.465. The van der Waals surface area contributed by atoms with Gasteiger partial charge in [0.05, 0.1) is 0 Å². The maximum absolute atomic E-state index is 11.3. The molecule has 0 unspecified atom stereocenters. The van der Waals surface area contributed by atoms with Crippen LogP contribution in [0.25, 0.3) is 0 Å². The number of thiophene rings is 1.